The Morgan fingerprint density at radius 2 is 2.17 bits per heavy atom. The molecule has 0 aliphatic heterocycles. The van der Waals surface area contributed by atoms with Crippen molar-refractivity contribution in [2.24, 2.45) is 5.41 Å². The summed E-state index contributed by atoms with van der Waals surface area (Å²) in [6, 6.07) is 0. The van der Waals surface area contributed by atoms with Crippen LogP contribution in [-0.2, 0) is 6.42 Å². The number of halogens is 2. The zero-order valence-electron chi connectivity index (χ0n) is 6.89. The Bertz CT molecular complexity index is 219. The highest BCUT2D eigenvalue weighted by molar-refractivity contribution is 7.09. The van der Waals surface area contributed by atoms with Crippen LogP contribution in [0.1, 0.15) is 11.9 Å². The molecular formula is C8H11Cl2NS. The van der Waals surface area contributed by atoms with E-state index in [9.17, 15) is 0 Å². The normalized spacial score (nSPS) is 11.9. The summed E-state index contributed by atoms with van der Waals surface area (Å²) in [5, 5.41) is 3.08. The van der Waals surface area contributed by atoms with Gasteiger partial charge in [0, 0.05) is 35.2 Å². The van der Waals surface area contributed by atoms with Crippen LogP contribution in [0.3, 0.4) is 0 Å². The quantitative estimate of drug-likeness (QED) is 0.716. The molecule has 1 rings (SSSR count). The topological polar surface area (TPSA) is 12.9 Å². The summed E-state index contributed by atoms with van der Waals surface area (Å²) in [5.74, 6) is 1.16. The molecule has 0 saturated heterocycles. The average molecular weight is 224 g/mol. The molecule has 1 aromatic heterocycles. The van der Waals surface area contributed by atoms with E-state index >= 15 is 0 Å². The van der Waals surface area contributed by atoms with Gasteiger partial charge in [0.05, 0.1) is 5.01 Å². The number of hydrogen-bond acceptors (Lipinski definition) is 2. The maximum atomic E-state index is 5.82. The van der Waals surface area contributed by atoms with E-state index < -0.39 is 0 Å². The first kappa shape index (κ1) is 10.3. The van der Waals surface area contributed by atoms with Crippen LogP contribution in [-0.4, -0.2) is 16.7 Å². The highest BCUT2D eigenvalue weighted by Crippen LogP contribution is 2.26. The van der Waals surface area contributed by atoms with Gasteiger partial charge < -0.3 is 0 Å². The molecule has 0 atom stereocenters. The van der Waals surface area contributed by atoms with Crippen LogP contribution in [0.25, 0.3) is 0 Å². The molecular weight excluding hydrogens is 213 g/mol. The summed E-state index contributed by atoms with van der Waals surface area (Å²) in [7, 11) is 0. The van der Waals surface area contributed by atoms with E-state index in [2.05, 4.69) is 11.9 Å². The Kier molecular flexibility index (Phi) is 3.81. The van der Waals surface area contributed by atoms with Gasteiger partial charge in [0.1, 0.15) is 0 Å². The lowest BCUT2D eigenvalue weighted by Crippen LogP contribution is -2.23. The number of rotatable bonds is 4. The van der Waals surface area contributed by atoms with Gasteiger partial charge in [-0.3, -0.25) is 0 Å². The highest BCUT2D eigenvalue weighted by atomic mass is 35.5. The van der Waals surface area contributed by atoms with Crippen LogP contribution in [0.2, 0.25) is 0 Å². The second kappa shape index (κ2) is 4.45. The summed E-state index contributed by atoms with van der Waals surface area (Å²) in [4.78, 5) is 4.20. The lowest BCUT2D eigenvalue weighted by molar-refractivity contribution is 0.424. The minimum absolute atomic E-state index is 0.0129. The number of thiazole rings is 1. The summed E-state index contributed by atoms with van der Waals surface area (Å²) in [6.45, 7) is 2.08. The van der Waals surface area contributed by atoms with Crippen molar-refractivity contribution in [2.75, 3.05) is 11.8 Å². The van der Waals surface area contributed by atoms with Gasteiger partial charge in [-0.1, -0.05) is 6.92 Å². The predicted molar refractivity (Wildman–Crippen MR) is 55.4 cm³/mol. The molecule has 68 valence electrons. The molecule has 0 N–H and O–H groups in total. The van der Waals surface area contributed by atoms with Crippen molar-refractivity contribution in [3.8, 4) is 0 Å². The van der Waals surface area contributed by atoms with Gasteiger partial charge in [-0.15, -0.1) is 34.5 Å². The standard InChI is InChI=1S/C8H11Cl2NS/c1-8(5-9,6-10)4-7-11-2-3-12-7/h2-3H,4-6H2,1H3. The maximum absolute atomic E-state index is 5.82. The average Bonchev–Trinajstić information content (AvgIpc) is 2.57. The fourth-order valence-corrected chi connectivity index (χ4v) is 2.14. The van der Waals surface area contributed by atoms with Gasteiger partial charge in [-0.2, -0.15) is 0 Å². The summed E-state index contributed by atoms with van der Waals surface area (Å²) < 4.78 is 0. The molecule has 0 spiro atoms. The van der Waals surface area contributed by atoms with Gasteiger partial charge >= 0.3 is 0 Å². The summed E-state index contributed by atoms with van der Waals surface area (Å²) >= 11 is 13.3. The molecule has 0 saturated carbocycles. The SMILES string of the molecule is CC(CCl)(CCl)Cc1nccs1. The molecule has 1 nitrogen and oxygen atoms in total. The smallest absolute Gasteiger partial charge is 0.0931 e. The third-order valence-electron chi connectivity index (χ3n) is 1.71. The Balaban J connectivity index is 2.60. The first-order chi connectivity index (χ1) is 5.70. The third kappa shape index (κ3) is 2.61. The maximum Gasteiger partial charge on any atom is 0.0931 e. The van der Waals surface area contributed by atoms with Crippen LogP contribution in [0, 0.1) is 5.41 Å². The molecule has 0 radical (unpaired) electrons. The van der Waals surface area contributed by atoms with Crippen molar-refractivity contribution in [2.45, 2.75) is 13.3 Å². The minimum Gasteiger partial charge on any atom is -0.250 e. The first-order valence-electron chi connectivity index (χ1n) is 3.70. The van der Waals surface area contributed by atoms with Crippen molar-refractivity contribution in [3.63, 3.8) is 0 Å². The zero-order valence-corrected chi connectivity index (χ0v) is 9.22. The Labute approximate surface area is 86.7 Å². The molecule has 4 heteroatoms. The van der Waals surface area contributed by atoms with Gasteiger partial charge in [0.25, 0.3) is 0 Å². The van der Waals surface area contributed by atoms with Crippen molar-refractivity contribution in [3.05, 3.63) is 16.6 Å². The third-order valence-corrected chi connectivity index (χ3v) is 3.78. The summed E-state index contributed by atoms with van der Waals surface area (Å²) in [5.41, 5.74) is -0.0129. The Morgan fingerprint density at radius 3 is 2.58 bits per heavy atom. The van der Waals surface area contributed by atoms with E-state index in [1.54, 1.807) is 11.3 Å². The molecule has 1 heterocycles. The summed E-state index contributed by atoms with van der Waals surface area (Å²) in [6.07, 6.45) is 2.68. The van der Waals surface area contributed by atoms with E-state index in [4.69, 9.17) is 23.2 Å². The van der Waals surface area contributed by atoms with E-state index in [1.165, 1.54) is 0 Å². The lowest BCUT2D eigenvalue weighted by atomic mass is 9.92. The van der Waals surface area contributed by atoms with Gasteiger partial charge in [0.2, 0.25) is 0 Å². The number of nitrogens with zero attached hydrogens (tertiary/aromatic N) is 1. The van der Waals surface area contributed by atoms with Crippen molar-refractivity contribution in [1.29, 1.82) is 0 Å². The molecule has 0 fully saturated rings. The fraction of sp³-hybridized carbons (Fsp3) is 0.625. The largest absolute Gasteiger partial charge is 0.250 e. The minimum atomic E-state index is -0.0129. The molecule has 0 amide bonds. The second-order valence-electron chi connectivity index (χ2n) is 3.18. The molecule has 0 aliphatic carbocycles. The molecule has 12 heavy (non-hydrogen) atoms. The Hall–Kier alpha value is 0.210. The molecule has 0 aromatic carbocycles. The monoisotopic (exact) mass is 223 g/mol. The van der Waals surface area contributed by atoms with Crippen LogP contribution < -0.4 is 0 Å². The van der Waals surface area contributed by atoms with Crippen LogP contribution in [0.4, 0.5) is 0 Å². The Morgan fingerprint density at radius 1 is 1.50 bits per heavy atom. The van der Waals surface area contributed by atoms with Crippen molar-refractivity contribution in [1.82, 2.24) is 4.98 Å². The molecule has 0 bridgehead atoms. The van der Waals surface area contributed by atoms with Gasteiger partial charge in [-0.05, 0) is 0 Å². The lowest BCUT2D eigenvalue weighted by Gasteiger charge is -2.22. The molecule has 0 unspecified atom stereocenters. The van der Waals surface area contributed by atoms with Crippen molar-refractivity contribution < 1.29 is 0 Å². The second-order valence-corrected chi connectivity index (χ2v) is 4.69. The number of aromatic nitrogens is 1. The van der Waals surface area contributed by atoms with Crippen LogP contribution >= 0.6 is 34.5 Å². The molecule has 0 aliphatic rings. The predicted octanol–water partition coefficient (Wildman–Crippen LogP) is 3.17. The van der Waals surface area contributed by atoms with E-state index in [1.807, 2.05) is 11.6 Å². The van der Waals surface area contributed by atoms with Gasteiger partial charge in [0.15, 0.2) is 0 Å². The van der Waals surface area contributed by atoms with E-state index in [-0.39, 0.29) is 5.41 Å². The number of hydrogen-bond donors (Lipinski definition) is 0. The van der Waals surface area contributed by atoms with Crippen LogP contribution in [0.15, 0.2) is 11.6 Å². The molecule has 1 aromatic rings. The van der Waals surface area contributed by atoms with Gasteiger partial charge in [-0.25, -0.2) is 4.98 Å². The van der Waals surface area contributed by atoms with E-state index in [0.29, 0.717) is 11.8 Å². The highest BCUT2D eigenvalue weighted by Gasteiger charge is 2.23. The number of alkyl halides is 2. The zero-order chi connectivity index (χ0) is 9.03. The van der Waals surface area contributed by atoms with Crippen molar-refractivity contribution >= 4 is 34.5 Å². The van der Waals surface area contributed by atoms with E-state index in [0.717, 1.165) is 11.4 Å². The van der Waals surface area contributed by atoms with Crippen LogP contribution in [0.5, 0.6) is 0 Å². The fourth-order valence-electron chi connectivity index (χ4n) is 0.836. The first-order valence-corrected chi connectivity index (χ1v) is 5.65.